The lowest BCUT2D eigenvalue weighted by Gasteiger charge is -2.17. The molecular weight excluding hydrogens is 262 g/mol. The van der Waals surface area contributed by atoms with Crippen molar-refractivity contribution in [3.8, 4) is 0 Å². The molecule has 0 saturated carbocycles. The molecule has 1 aliphatic heterocycles. The van der Waals surface area contributed by atoms with Crippen LogP contribution in [0, 0.1) is 12.8 Å². The van der Waals surface area contributed by atoms with Crippen molar-refractivity contribution in [1.29, 1.82) is 0 Å². The van der Waals surface area contributed by atoms with Gasteiger partial charge in [-0.1, -0.05) is 48.5 Å². The zero-order chi connectivity index (χ0) is 14.8. The number of rotatable bonds is 3. The number of carbonyl (C=O) groups is 2. The van der Waals surface area contributed by atoms with Crippen LogP contribution in [-0.2, 0) is 16.0 Å². The van der Waals surface area contributed by atoms with Crippen molar-refractivity contribution in [2.45, 2.75) is 19.8 Å². The molecule has 3 heteroatoms. The van der Waals surface area contributed by atoms with Crippen LogP contribution in [0.2, 0.25) is 0 Å². The van der Waals surface area contributed by atoms with E-state index in [0.29, 0.717) is 18.5 Å². The fraction of sp³-hybridized carbons (Fsp3) is 0.222. The lowest BCUT2D eigenvalue weighted by molar-refractivity contribution is -0.122. The standard InChI is InChI=1S/C18H17NO2/c1-13-7-5-6-10-16(13)19-17(20)12-15(18(19)21)11-14-8-3-2-4-9-14/h2-10,15H,11-12H2,1H3/t15-/m1/s1. The average molecular weight is 279 g/mol. The van der Waals surface area contributed by atoms with Gasteiger partial charge >= 0.3 is 0 Å². The van der Waals surface area contributed by atoms with Crippen LogP contribution in [0.3, 0.4) is 0 Å². The summed E-state index contributed by atoms with van der Waals surface area (Å²) in [6.45, 7) is 1.92. The molecular formula is C18H17NO2. The normalized spacial score (nSPS) is 18.3. The minimum absolute atomic E-state index is 0.0850. The van der Waals surface area contributed by atoms with E-state index in [1.165, 1.54) is 4.90 Å². The topological polar surface area (TPSA) is 37.4 Å². The molecule has 21 heavy (non-hydrogen) atoms. The maximum atomic E-state index is 12.6. The first kappa shape index (κ1) is 13.6. The van der Waals surface area contributed by atoms with Crippen molar-refractivity contribution in [3.63, 3.8) is 0 Å². The largest absolute Gasteiger partial charge is 0.274 e. The number of aryl methyl sites for hydroxylation is 1. The van der Waals surface area contributed by atoms with Gasteiger partial charge in [0.15, 0.2) is 0 Å². The third-order valence-corrected chi connectivity index (χ3v) is 3.92. The lowest BCUT2D eigenvalue weighted by Crippen LogP contribution is -2.31. The van der Waals surface area contributed by atoms with Crippen LogP contribution < -0.4 is 4.90 Å². The Morgan fingerprint density at radius 1 is 1.00 bits per heavy atom. The SMILES string of the molecule is Cc1ccccc1N1C(=O)C[C@@H](Cc2ccccc2)C1=O. The van der Waals surface area contributed by atoms with E-state index in [2.05, 4.69) is 0 Å². The molecule has 2 aromatic rings. The molecule has 0 aliphatic carbocycles. The fourth-order valence-corrected chi connectivity index (χ4v) is 2.82. The highest BCUT2D eigenvalue weighted by Gasteiger charge is 2.39. The van der Waals surface area contributed by atoms with Crippen LogP contribution >= 0.6 is 0 Å². The maximum absolute atomic E-state index is 12.6. The summed E-state index contributed by atoms with van der Waals surface area (Å²) >= 11 is 0. The third-order valence-electron chi connectivity index (χ3n) is 3.92. The van der Waals surface area contributed by atoms with Gasteiger partial charge in [-0.2, -0.15) is 0 Å². The van der Waals surface area contributed by atoms with Gasteiger partial charge in [0.1, 0.15) is 0 Å². The molecule has 0 radical (unpaired) electrons. The van der Waals surface area contributed by atoms with E-state index in [0.717, 1.165) is 11.1 Å². The second-order valence-corrected chi connectivity index (χ2v) is 5.44. The maximum Gasteiger partial charge on any atom is 0.237 e. The van der Waals surface area contributed by atoms with Crippen molar-refractivity contribution in [1.82, 2.24) is 0 Å². The van der Waals surface area contributed by atoms with Gasteiger partial charge in [0.05, 0.1) is 11.6 Å². The second-order valence-electron chi connectivity index (χ2n) is 5.44. The summed E-state index contributed by atoms with van der Waals surface area (Å²) in [5.41, 5.74) is 2.75. The van der Waals surface area contributed by atoms with Gasteiger partial charge in [0.2, 0.25) is 11.8 Å². The minimum Gasteiger partial charge on any atom is -0.274 e. The quantitative estimate of drug-likeness (QED) is 0.810. The summed E-state index contributed by atoms with van der Waals surface area (Å²) < 4.78 is 0. The Balaban J connectivity index is 1.84. The van der Waals surface area contributed by atoms with Gasteiger partial charge in [0.25, 0.3) is 0 Å². The molecule has 1 aliphatic rings. The van der Waals surface area contributed by atoms with Crippen LogP contribution in [0.25, 0.3) is 0 Å². The number of benzene rings is 2. The van der Waals surface area contributed by atoms with E-state index >= 15 is 0 Å². The van der Waals surface area contributed by atoms with Crippen LogP contribution in [0.5, 0.6) is 0 Å². The minimum atomic E-state index is -0.250. The molecule has 1 saturated heterocycles. The molecule has 1 fully saturated rings. The van der Waals surface area contributed by atoms with Gasteiger partial charge in [-0.25, -0.2) is 0 Å². The lowest BCUT2D eigenvalue weighted by atomic mass is 9.98. The Morgan fingerprint density at radius 3 is 2.38 bits per heavy atom. The Hall–Kier alpha value is -2.42. The van der Waals surface area contributed by atoms with Gasteiger partial charge in [-0.3, -0.25) is 14.5 Å². The summed E-state index contributed by atoms with van der Waals surface area (Å²) in [5, 5.41) is 0. The molecule has 3 nitrogen and oxygen atoms in total. The van der Waals surface area contributed by atoms with Crippen LogP contribution in [-0.4, -0.2) is 11.8 Å². The van der Waals surface area contributed by atoms with E-state index in [-0.39, 0.29) is 17.7 Å². The highest BCUT2D eigenvalue weighted by atomic mass is 16.2. The van der Waals surface area contributed by atoms with E-state index in [9.17, 15) is 9.59 Å². The molecule has 1 atom stereocenters. The van der Waals surface area contributed by atoms with Crippen molar-refractivity contribution in [2.75, 3.05) is 4.90 Å². The van der Waals surface area contributed by atoms with Crippen LogP contribution in [0.1, 0.15) is 17.5 Å². The third kappa shape index (κ3) is 2.59. The summed E-state index contributed by atoms with van der Waals surface area (Å²) in [6.07, 6.45) is 0.913. The Labute approximate surface area is 124 Å². The van der Waals surface area contributed by atoms with E-state index in [1.807, 2.05) is 61.5 Å². The molecule has 0 aromatic heterocycles. The summed E-state index contributed by atoms with van der Waals surface area (Å²) in [6, 6.07) is 17.4. The van der Waals surface area contributed by atoms with E-state index < -0.39 is 0 Å². The zero-order valence-corrected chi connectivity index (χ0v) is 12.0. The second kappa shape index (κ2) is 5.52. The number of hydrogen-bond acceptors (Lipinski definition) is 2. The first-order chi connectivity index (χ1) is 10.2. The zero-order valence-electron chi connectivity index (χ0n) is 12.0. The number of nitrogens with zero attached hydrogens (tertiary/aromatic N) is 1. The van der Waals surface area contributed by atoms with Crippen molar-refractivity contribution >= 4 is 17.5 Å². The smallest absolute Gasteiger partial charge is 0.237 e. The Bertz CT molecular complexity index is 679. The molecule has 1 heterocycles. The first-order valence-corrected chi connectivity index (χ1v) is 7.13. The Morgan fingerprint density at radius 2 is 1.67 bits per heavy atom. The van der Waals surface area contributed by atoms with Crippen LogP contribution in [0.15, 0.2) is 54.6 Å². The van der Waals surface area contributed by atoms with Crippen LogP contribution in [0.4, 0.5) is 5.69 Å². The van der Waals surface area contributed by atoms with Gasteiger partial charge in [-0.05, 0) is 30.5 Å². The van der Waals surface area contributed by atoms with Crippen molar-refractivity contribution < 1.29 is 9.59 Å². The summed E-state index contributed by atoms with van der Waals surface area (Å²) in [7, 11) is 0. The average Bonchev–Trinajstić information content (AvgIpc) is 2.76. The molecule has 0 N–H and O–H groups in total. The fourth-order valence-electron chi connectivity index (χ4n) is 2.82. The number of para-hydroxylation sites is 1. The van der Waals surface area contributed by atoms with Crippen molar-refractivity contribution in [3.05, 3.63) is 65.7 Å². The predicted molar refractivity (Wildman–Crippen MR) is 81.9 cm³/mol. The van der Waals surface area contributed by atoms with Gasteiger partial charge < -0.3 is 0 Å². The Kier molecular flexibility index (Phi) is 3.57. The number of hydrogen-bond donors (Lipinski definition) is 0. The number of amides is 2. The molecule has 3 rings (SSSR count). The molecule has 2 amide bonds. The molecule has 0 unspecified atom stereocenters. The summed E-state index contributed by atoms with van der Waals surface area (Å²) in [5.74, 6) is -0.437. The number of imide groups is 1. The van der Waals surface area contributed by atoms with Crippen molar-refractivity contribution in [2.24, 2.45) is 5.92 Å². The predicted octanol–water partition coefficient (Wildman–Crippen LogP) is 3.12. The van der Waals surface area contributed by atoms with Gasteiger partial charge in [0, 0.05) is 6.42 Å². The summed E-state index contributed by atoms with van der Waals surface area (Å²) in [4.78, 5) is 26.2. The monoisotopic (exact) mass is 279 g/mol. The number of carbonyl (C=O) groups excluding carboxylic acids is 2. The highest BCUT2D eigenvalue weighted by Crippen LogP contribution is 2.30. The molecule has 106 valence electrons. The van der Waals surface area contributed by atoms with E-state index in [1.54, 1.807) is 0 Å². The molecule has 0 spiro atoms. The first-order valence-electron chi connectivity index (χ1n) is 7.13. The number of anilines is 1. The highest BCUT2D eigenvalue weighted by molar-refractivity contribution is 6.21. The molecule has 2 aromatic carbocycles. The van der Waals surface area contributed by atoms with E-state index in [4.69, 9.17) is 0 Å². The molecule has 0 bridgehead atoms. The van der Waals surface area contributed by atoms with Gasteiger partial charge in [-0.15, -0.1) is 0 Å².